The molecule has 5 atom stereocenters. The summed E-state index contributed by atoms with van der Waals surface area (Å²) < 4.78 is 11.9. The lowest BCUT2D eigenvalue weighted by molar-refractivity contribution is -0.0488. The van der Waals surface area contributed by atoms with Crippen molar-refractivity contribution in [3.63, 3.8) is 0 Å². The first-order chi connectivity index (χ1) is 12.1. The van der Waals surface area contributed by atoms with E-state index in [1.807, 2.05) is 18.2 Å². The van der Waals surface area contributed by atoms with E-state index in [0.717, 1.165) is 42.3 Å². The Morgan fingerprint density at radius 2 is 2.36 bits per heavy atom. The van der Waals surface area contributed by atoms with Gasteiger partial charge >= 0.3 is 0 Å². The van der Waals surface area contributed by atoms with Gasteiger partial charge in [0.05, 0.1) is 7.11 Å². The lowest BCUT2D eigenvalue weighted by Gasteiger charge is -2.57. The van der Waals surface area contributed by atoms with Crippen LogP contribution in [0.15, 0.2) is 30.9 Å². The van der Waals surface area contributed by atoms with E-state index in [0.29, 0.717) is 17.7 Å². The Morgan fingerprint density at radius 1 is 1.52 bits per heavy atom. The Bertz CT molecular complexity index is 792. The van der Waals surface area contributed by atoms with Crippen LogP contribution in [0.4, 0.5) is 0 Å². The molecule has 1 spiro atoms. The zero-order valence-electron chi connectivity index (χ0n) is 14.2. The fourth-order valence-corrected chi connectivity index (χ4v) is 5.97. The van der Waals surface area contributed by atoms with Gasteiger partial charge in [-0.2, -0.15) is 0 Å². The minimum atomic E-state index is -0.607. The molecule has 1 aromatic carbocycles. The van der Waals surface area contributed by atoms with Gasteiger partial charge in [0.25, 0.3) is 0 Å². The number of benzene rings is 1. The number of hydrogen-bond donors (Lipinski definition) is 1. The van der Waals surface area contributed by atoms with Crippen LogP contribution in [-0.4, -0.2) is 48.5 Å². The topological polar surface area (TPSA) is 41.9 Å². The summed E-state index contributed by atoms with van der Waals surface area (Å²) in [6, 6.07) is 2.21. The molecule has 1 saturated heterocycles. The zero-order chi connectivity index (χ0) is 17.3. The second-order valence-corrected chi connectivity index (χ2v) is 7.94. The minimum Gasteiger partial charge on any atom is -0.493 e. The normalized spacial score (nSPS) is 37.4. The van der Waals surface area contributed by atoms with Gasteiger partial charge in [0.1, 0.15) is 12.2 Å². The number of methoxy groups -OCH3 is 1. The molecule has 0 aromatic heterocycles. The van der Waals surface area contributed by atoms with E-state index in [9.17, 15) is 5.11 Å². The van der Waals surface area contributed by atoms with Gasteiger partial charge < -0.3 is 14.6 Å². The van der Waals surface area contributed by atoms with Crippen molar-refractivity contribution in [2.75, 3.05) is 20.2 Å². The highest BCUT2D eigenvalue weighted by molar-refractivity contribution is 6.31. The summed E-state index contributed by atoms with van der Waals surface area (Å²) in [5, 5.41) is 11.4. The van der Waals surface area contributed by atoms with E-state index < -0.39 is 6.10 Å². The SMILES string of the molecule is C=CCN1CCC23c4c5c(Cl)cc(OC)c4O[C@H]2[C@@H](O)C=C[C@H]3C1C5. The standard InChI is InChI=1S/C20H22ClNO3/c1-3-7-22-8-6-20-12-4-5-15(23)19(20)25-18-16(24-2)10-13(21)11(17(18)20)9-14(12)22/h3-5,10,12,14-15,19,23H,1,6-9H2,2H3/t12-,14?,15-,19-,20?/m0/s1. The maximum atomic E-state index is 10.7. The molecule has 4 aliphatic rings. The minimum absolute atomic E-state index is 0.211. The molecule has 2 unspecified atom stereocenters. The average Bonchev–Trinajstić information content (AvgIpc) is 2.95. The lowest BCUT2D eigenvalue weighted by atomic mass is 9.53. The Hall–Kier alpha value is -1.49. The second-order valence-electron chi connectivity index (χ2n) is 7.53. The van der Waals surface area contributed by atoms with Crippen molar-refractivity contribution in [2.24, 2.45) is 5.92 Å². The highest BCUT2D eigenvalue weighted by Gasteiger charge is 2.64. The van der Waals surface area contributed by atoms with Crippen LogP contribution in [0.25, 0.3) is 0 Å². The number of aliphatic hydroxyl groups is 1. The van der Waals surface area contributed by atoms with Crippen molar-refractivity contribution >= 4 is 11.6 Å². The Morgan fingerprint density at radius 3 is 3.12 bits per heavy atom. The summed E-state index contributed by atoms with van der Waals surface area (Å²) in [5.74, 6) is 1.77. The van der Waals surface area contributed by atoms with Gasteiger partial charge in [-0.25, -0.2) is 0 Å². The molecule has 132 valence electrons. The van der Waals surface area contributed by atoms with E-state index in [2.05, 4.69) is 17.6 Å². The molecule has 1 aromatic rings. The van der Waals surface area contributed by atoms with Gasteiger partial charge in [0.15, 0.2) is 11.5 Å². The first-order valence-electron chi connectivity index (χ1n) is 8.89. The van der Waals surface area contributed by atoms with Crippen LogP contribution >= 0.6 is 11.6 Å². The van der Waals surface area contributed by atoms with Crippen molar-refractivity contribution < 1.29 is 14.6 Å². The summed E-state index contributed by atoms with van der Waals surface area (Å²) in [4.78, 5) is 2.49. The molecule has 1 fully saturated rings. The third-order valence-electron chi connectivity index (χ3n) is 6.63. The number of piperidine rings is 1. The van der Waals surface area contributed by atoms with Crippen LogP contribution in [0.3, 0.4) is 0 Å². The molecule has 2 aliphatic heterocycles. The van der Waals surface area contributed by atoms with Crippen LogP contribution < -0.4 is 9.47 Å². The van der Waals surface area contributed by atoms with E-state index in [-0.39, 0.29) is 11.5 Å². The highest BCUT2D eigenvalue weighted by atomic mass is 35.5. The summed E-state index contributed by atoms with van der Waals surface area (Å²) in [5.41, 5.74) is 2.14. The number of likely N-dealkylation sites (tertiary alicyclic amines) is 1. The average molecular weight is 360 g/mol. The van der Waals surface area contributed by atoms with Crippen molar-refractivity contribution in [3.8, 4) is 11.5 Å². The maximum absolute atomic E-state index is 10.7. The largest absolute Gasteiger partial charge is 0.493 e. The third kappa shape index (κ3) is 1.80. The summed E-state index contributed by atoms with van der Waals surface area (Å²) in [6.07, 6.45) is 7.04. The smallest absolute Gasteiger partial charge is 0.166 e. The van der Waals surface area contributed by atoms with Gasteiger partial charge in [-0.1, -0.05) is 29.8 Å². The summed E-state index contributed by atoms with van der Waals surface area (Å²) in [6.45, 7) is 5.76. The summed E-state index contributed by atoms with van der Waals surface area (Å²) >= 11 is 6.66. The number of nitrogens with zero attached hydrogens (tertiary/aromatic N) is 1. The molecule has 1 N–H and O–H groups in total. The fraction of sp³-hybridized carbons (Fsp3) is 0.500. The number of halogens is 1. The molecule has 0 amide bonds. The Labute approximate surface area is 152 Å². The molecule has 4 nitrogen and oxygen atoms in total. The fourth-order valence-electron chi connectivity index (χ4n) is 5.70. The first kappa shape index (κ1) is 15.7. The van der Waals surface area contributed by atoms with E-state index in [1.165, 1.54) is 5.56 Å². The predicted molar refractivity (Wildman–Crippen MR) is 96.6 cm³/mol. The molecule has 25 heavy (non-hydrogen) atoms. The van der Waals surface area contributed by atoms with Gasteiger partial charge in [-0.3, -0.25) is 4.90 Å². The molecule has 2 aliphatic carbocycles. The number of rotatable bonds is 3. The second kappa shape index (κ2) is 5.26. The number of aliphatic hydroxyl groups excluding tert-OH is 1. The highest BCUT2D eigenvalue weighted by Crippen LogP contribution is 2.63. The van der Waals surface area contributed by atoms with E-state index >= 15 is 0 Å². The van der Waals surface area contributed by atoms with Gasteiger partial charge in [-0.15, -0.1) is 6.58 Å². The molecular formula is C20H22ClNO3. The maximum Gasteiger partial charge on any atom is 0.166 e. The number of ether oxygens (including phenoxy) is 2. The molecule has 0 saturated carbocycles. The van der Waals surface area contributed by atoms with Crippen LogP contribution in [0.2, 0.25) is 5.02 Å². The van der Waals surface area contributed by atoms with Crippen molar-refractivity contribution in [1.82, 2.24) is 4.90 Å². The number of hydrogen-bond acceptors (Lipinski definition) is 4. The molecule has 2 bridgehead atoms. The molecule has 5 rings (SSSR count). The Kier molecular flexibility index (Phi) is 3.31. The van der Waals surface area contributed by atoms with Gasteiger partial charge in [0.2, 0.25) is 0 Å². The van der Waals surface area contributed by atoms with Gasteiger partial charge in [-0.05, 0) is 24.9 Å². The molecular weight excluding hydrogens is 338 g/mol. The first-order valence-corrected chi connectivity index (χ1v) is 9.27. The van der Waals surface area contributed by atoms with Crippen LogP contribution in [0.5, 0.6) is 11.5 Å². The van der Waals surface area contributed by atoms with Crippen molar-refractivity contribution in [2.45, 2.75) is 36.5 Å². The third-order valence-corrected chi connectivity index (χ3v) is 6.97. The van der Waals surface area contributed by atoms with E-state index in [4.69, 9.17) is 21.1 Å². The molecule has 0 radical (unpaired) electrons. The van der Waals surface area contributed by atoms with E-state index in [1.54, 1.807) is 7.11 Å². The predicted octanol–water partition coefficient (Wildman–Crippen LogP) is 2.71. The summed E-state index contributed by atoms with van der Waals surface area (Å²) in [7, 11) is 1.64. The Balaban J connectivity index is 1.78. The molecule has 2 heterocycles. The van der Waals surface area contributed by atoms with Crippen LogP contribution in [-0.2, 0) is 11.8 Å². The monoisotopic (exact) mass is 359 g/mol. The van der Waals surface area contributed by atoms with Gasteiger partial charge in [0, 0.05) is 40.6 Å². The quantitative estimate of drug-likeness (QED) is 0.843. The van der Waals surface area contributed by atoms with Crippen molar-refractivity contribution in [1.29, 1.82) is 0 Å². The zero-order valence-corrected chi connectivity index (χ0v) is 15.0. The van der Waals surface area contributed by atoms with Crippen LogP contribution in [0, 0.1) is 5.92 Å². The molecule has 5 heteroatoms. The lowest BCUT2D eigenvalue weighted by Crippen LogP contribution is -2.65. The van der Waals surface area contributed by atoms with Crippen LogP contribution in [0.1, 0.15) is 17.5 Å². The van der Waals surface area contributed by atoms with Crippen molar-refractivity contribution in [3.05, 3.63) is 47.0 Å².